The van der Waals surface area contributed by atoms with E-state index in [0.717, 1.165) is 16.8 Å². The van der Waals surface area contributed by atoms with Gasteiger partial charge in [-0.1, -0.05) is 0 Å². The zero-order valence-corrected chi connectivity index (χ0v) is 21.0. The standard InChI is InChI=1S/C22H18F7N5O.H3O4P/c23-14-9-16(25)15(24)6-12(14)5-13(30)8-19(35)33-3-4-34-17(10-33)20(32-21(34)22(27,28)29)11-1-2-31-18(26)7-11;1-5(2,3)4/h1-2,6-7,9,13H,3-5,8,10,30H2;(H3,1,2,3,4)/t13-;/m1./s1. The maximum Gasteiger partial charge on any atom is 0.466 e. The Kier molecular flexibility index (Phi) is 9.36. The topological polar surface area (TPSA) is 155 Å². The van der Waals surface area contributed by atoms with Gasteiger partial charge in [0.2, 0.25) is 17.7 Å². The van der Waals surface area contributed by atoms with E-state index >= 15 is 0 Å². The molecular formula is C22H21F7N5O5P. The van der Waals surface area contributed by atoms with E-state index in [9.17, 15) is 35.5 Å². The van der Waals surface area contributed by atoms with Gasteiger partial charge in [0.05, 0.1) is 17.9 Å². The molecule has 1 aromatic carbocycles. The molecule has 40 heavy (non-hydrogen) atoms. The second-order valence-corrected chi connectivity index (χ2v) is 9.63. The first-order valence-electron chi connectivity index (χ1n) is 11.2. The van der Waals surface area contributed by atoms with Gasteiger partial charge >= 0.3 is 14.0 Å². The number of fused-ring (bicyclic) bond motifs is 1. The van der Waals surface area contributed by atoms with Crippen molar-refractivity contribution >= 4 is 13.7 Å². The molecule has 218 valence electrons. The van der Waals surface area contributed by atoms with Crippen molar-refractivity contribution in [1.82, 2.24) is 19.4 Å². The molecule has 5 N–H and O–H groups in total. The van der Waals surface area contributed by atoms with E-state index in [1.54, 1.807) is 0 Å². The molecule has 1 aliphatic heterocycles. The largest absolute Gasteiger partial charge is 0.466 e. The molecule has 0 saturated carbocycles. The molecule has 0 fully saturated rings. The van der Waals surface area contributed by atoms with E-state index in [4.69, 9.17) is 25.0 Å². The average molecular weight is 599 g/mol. The summed E-state index contributed by atoms with van der Waals surface area (Å²) in [5.41, 5.74) is 5.70. The fourth-order valence-electron chi connectivity index (χ4n) is 4.01. The number of pyridine rings is 1. The lowest BCUT2D eigenvalue weighted by molar-refractivity contribution is -0.148. The molecule has 18 heteroatoms. The number of nitrogens with two attached hydrogens (primary N) is 1. The zero-order valence-electron chi connectivity index (χ0n) is 20.1. The molecule has 4 rings (SSSR count). The zero-order chi connectivity index (χ0) is 30.0. The number of amides is 1. The number of aromatic nitrogens is 3. The van der Waals surface area contributed by atoms with Crippen LogP contribution in [0.5, 0.6) is 0 Å². The fourth-order valence-corrected chi connectivity index (χ4v) is 4.01. The van der Waals surface area contributed by atoms with E-state index in [0.29, 0.717) is 12.1 Å². The number of benzene rings is 1. The van der Waals surface area contributed by atoms with Crippen molar-refractivity contribution in [2.45, 2.75) is 38.1 Å². The van der Waals surface area contributed by atoms with Crippen LogP contribution in [0.25, 0.3) is 11.3 Å². The number of hydrogen-bond donors (Lipinski definition) is 4. The lowest BCUT2D eigenvalue weighted by Gasteiger charge is -2.30. The van der Waals surface area contributed by atoms with Crippen molar-refractivity contribution in [3.8, 4) is 11.3 Å². The Hall–Kier alpha value is -3.37. The molecule has 0 bridgehead atoms. The molecule has 2 aromatic heterocycles. The Morgan fingerprint density at radius 1 is 1.05 bits per heavy atom. The van der Waals surface area contributed by atoms with Crippen LogP contribution in [0.1, 0.15) is 23.5 Å². The van der Waals surface area contributed by atoms with Crippen molar-refractivity contribution in [2.24, 2.45) is 5.73 Å². The summed E-state index contributed by atoms with van der Waals surface area (Å²) in [5.74, 6) is -6.24. The first-order chi connectivity index (χ1) is 18.4. The number of alkyl halides is 3. The minimum atomic E-state index is -4.78. The van der Waals surface area contributed by atoms with Crippen LogP contribution in [-0.4, -0.2) is 52.6 Å². The van der Waals surface area contributed by atoms with E-state index in [-0.39, 0.29) is 55.0 Å². The second-order valence-electron chi connectivity index (χ2n) is 8.60. The van der Waals surface area contributed by atoms with Crippen LogP contribution in [0, 0.1) is 23.4 Å². The number of imidazole rings is 1. The van der Waals surface area contributed by atoms with Crippen molar-refractivity contribution in [1.29, 1.82) is 0 Å². The molecule has 1 atom stereocenters. The quantitative estimate of drug-likeness (QED) is 0.151. The van der Waals surface area contributed by atoms with Crippen molar-refractivity contribution < 1.29 is 54.8 Å². The Morgan fingerprint density at radius 3 is 2.27 bits per heavy atom. The summed E-state index contributed by atoms with van der Waals surface area (Å²) >= 11 is 0. The Morgan fingerprint density at radius 2 is 1.68 bits per heavy atom. The number of nitrogens with zero attached hydrogens (tertiary/aromatic N) is 4. The Balaban J connectivity index is 0.000000810. The van der Waals surface area contributed by atoms with E-state index in [2.05, 4.69) is 9.97 Å². The van der Waals surface area contributed by atoms with E-state index in [1.807, 2.05) is 0 Å². The molecule has 0 aliphatic carbocycles. The van der Waals surface area contributed by atoms with Crippen LogP contribution in [0.2, 0.25) is 0 Å². The average Bonchev–Trinajstić information content (AvgIpc) is 3.21. The van der Waals surface area contributed by atoms with E-state index < -0.39 is 55.2 Å². The number of halogens is 7. The van der Waals surface area contributed by atoms with Crippen molar-refractivity contribution in [3.05, 3.63) is 70.9 Å². The van der Waals surface area contributed by atoms with Gasteiger partial charge in [0.15, 0.2) is 11.6 Å². The molecule has 0 unspecified atom stereocenters. The van der Waals surface area contributed by atoms with Gasteiger partial charge < -0.3 is 29.9 Å². The summed E-state index contributed by atoms with van der Waals surface area (Å²) in [7, 11) is -4.64. The molecule has 10 nitrogen and oxygen atoms in total. The summed E-state index contributed by atoms with van der Waals surface area (Å²) in [6.45, 7) is -0.557. The molecule has 1 amide bonds. The summed E-state index contributed by atoms with van der Waals surface area (Å²) in [4.78, 5) is 42.7. The molecule has 3 aromatic rings. The van der Waals surface area contributed by atoms with Crippen LogP contribution in [0.3, 0.4) is 0 Å². The fraction of sp³-hybridized carbons (Fsp3) is 0.318. The van der Waals surface area contributed by atoms with Gasteiger partial charge in [-0.25, -0.2) is 27.7 Å². The molecule has 3 heterocycles. The third kappa shape index (κ3) is 8.08. The summed E-state index contributed by atoms with van der Waals surface area (Å²) in [5, 5.41) is 0. The van der Waals surface area contributed by atoms with Gasteiger partial charge in [0, 0.05) is 49.4 Å². The van der Waals surface area contributed by atoms with Crippen molar-refractivity contribution in [2.75, 3.05) is 6.54 Å². The van der Waals surface area contributed by atoms with Crippen LogP contribution in [-0.2, 0) is 35.0 Å². The minimum absolute atomic E-state index is 0.0581. The van der Waals surface area contributed by atoms with E-state index in [1.165, 1.54) is 11.0 Å². The van der Waals surface area contributed by atoms with Gasteiger partial charge in [-0.05, 0) is 24.1 Å². The highest BCUT2D eigenvalue weighted by atomic mass is 31.2. The minimum Gasteiger partial charge on any atom is -0.335 e. The molecule has 1 aliphatic rings. The summed E-state index contributed by atoms with van der Waals surface area (Å²) in [6.07, 6.45) is -4.27. The summed E-state index contributed by atoms with van der Waals surface area (Å²) < 4.78 is 105. The lowest BCUT2D eigenvalue weighted by Crippen LogP contribution is -2.42. The van der Waals surface area contributed by atoms with Gasteiger partial charge in [0.25, 0.3) is 0 Å². The van der Waals surface area contributed by atoms with Gasteiger partial charge in [-0.15, -0.1) is 0 Å². The highest BCUT2D eigenvalue weighted by Crippen LogP contribution is 2.36. The number of carbonyl (C=O) groups excluding carboxylic acids is 1. The maximum atomic E-state index is 13.9. The highest BCUT2D eigenvalue weighted by molar-refractivity contribution is 7.45. The third-order valence-corrected chi connectivity index (χ3v) is 5.62. The van der Waals surface area contributed by atoms with Crippen LogP contribution in [0.15, 0.2) is 30.5 Å². The second kappa shape index (κ2) is 12.0. The summed E-state index contributed by atoms with van der Waals surface area (Å²) in [6, 6.07) is 2.32. The van der Waals surface area contributed by atoms with Crippen LogP contribution >= 0.6 is 7.82 Å². The molecule has 0 saturated heterocycles. The van der Waals surface area contributed by atoms with Gasteiger partial charge in [-0.3, -0.25) is 4.79 Å². The SMILES string of the molecule is N[C@@H](CC(=O)N1CCn2c(C(F)(F)F)nc(-c3ccnc(F)c3)c2C1)Cc1cc(F)c(F)cc1F.O=P(O)(O)O. The van der Waals surface area contributed by atoms with Gasteiger partial charge in [0.1, 0.15) is 5.82 Å². The van der Waals surface area contributed by atoms with Crippen molar-refractivity contribution in [3.63, 3.8) is 0 Å². The number of phosphoric acid groups is 1. The Bertz CT molecular complexity index is 1440. The lowest BCUT2D eigenvalue weighted by atomic mass is 10.0. The molecular weight excluding hydrogens is 578 g/mol. The number of rotatable bonds is 5. The predicted octanol–water partition coefficient (Wildman–Crippen LogP) is 2.89. The van der Waals surface area contributed by atoms with Crippen LogP contribution in [0.4, 0.5) is 30.7 Å². The number of hydrogen-bond acceptors (Lipinski definition) is 5. The van der Waals surface area contributed by atoms with Crippen LogP contribution < -0.4 is 5.73 Å². The molecule has 0 spiro atoms. The number of carbonyl (C=O) groups is 1. The van der Waals surface area contributed by atoms with Gasteiger partial charge in [-0.2, -0.15) is 17.6 Å². The predicted molar refractivity (Wildman–Crippen MR) is 123 cm³/mol. The smallest absolute Gasteiger partial charge is 0.335 e. The Labute approximate surface area is 221 Å². The first kappa shape index (κ1) is 31.2. The first-order valence-corrected chi connectivity index (χ1v) is 12.7. The normalized spacial score (nSPS) is 14.3. The molecule has 0 radical (unpaired) electrons. The maximum absolute atomic E-state index is 13.9. The third-order valence-electron chi connectivity index (χ3n) is 5.62. The monoisotopic (exact) mass is 599 g/mol. The highest BCUT2D eigenvalue weighted by Gasteiger charge is 2.41.